The third kappa shape index (κ3) is 3.29. The standard InChI is InChI=1S/C20H25N5O2/c1-21-19-18-14(6-5-8-16(18)26)22-20(23-19)25-12-10-24(11-13-25)15-7-3-4-9-17(15)27-2/h3-4,7,9H,5-6,8,10-13H2,1-2H3,(H,21,22,23). The number of para-hydroxylation sites is 2. The maximum atomic E-state index is 12.3. The Morgan fingerprint density at radius 2 is 1.78 bits per heavy atom. The number of nitrogens with one attached hydrogen (secondary N) is 1. The van der Waals surface area contributed by atoms with Gasteiger partial charge in [-0.2, -0.15) is 4.98 Å². The van der Waals surface area contributed by atoms with Crippen LogP contribution in [0.1, 0.15) is 28.9 Å². The van der Waals surface area contributed by atoms with Gasteiger partial charge in [0.2, 0.25) is 5.95 Å². The number of fused-ring (bicyclic) bond motifs is 1. The van der Waals surface area contributed by atoms with Crippen molar-refractivity contribution in [1.29, 1.82) is 0 Å². The number of nitrogens with zero attached hydrogens (tertiary/aromatic N) is 4. The van der Waals surface area contributed by atoms with Gasteiger partial charge in [-0.3, -0.25) is 4.79 Å². The predicted octanol–water partition coefficient (Wildman–Crippen LogP) is 2.37. The molecule has 2 aromatic rings. The van der Waals surface area contributed by atoms with Crippen molar-refractivity contribution >= 4 is 23.2 Å². The van der Waals surface area contributed by atoms with Crippen LogP contribution in [0.25, 0.3) is 0 Å². The molecule has 0 atom stereocenters. The second kappa shape index (κ2) is 7.42. The number of methoxy groups -OCH3 is 1. The number of anilines is 3. The number of rotatable bonds is 4. The molecule has 7 heteroatoms. The number of carbonyl (C=O) groups is 1. The Bertz CT molecular complexity index is 829. The Hall–Kier alpha value is -2.83. The van der Waals surface area contributed by atoms with Crippen LogP contribution in [0.2, 0.25) is 0 Å². The predicted molar refractivity (Wildman–Crippen MR) is 106 cm³/mol. The van der Waals surface area contributed by atoms with Crippen LogP contribution >= 0.6 is 0 Å². The summed E-state index contributed by atoms with van der Waals surface area (Å²) in [6.07, 6.45) is 2.29. The number of benzene rings is 1. The van der Waals surface area contributed by atoms with E-state index in [1.54, 1.807) is 7.11 Å². The fourth-order valence-corrected chi connectivity index (χ4v) is 3.87. The quantitative estimate of drug-likeness (QED) is 0.889. The third-order valence-electron chi connectivity index (χ3n) is 5.29. The number of aromatic nitrogens is 2. The van der Waals surface area contributed by atoms with Crippen LogP contribution in [0.5, 0.6) is 5.75 Å². The van der Waals surface area contributed by atoms with Crippen molar-refractivity contribution < 1.29 is 9.53 Å². The van der Waals surface area contributed by atoms with Gasteiger partial charge >= 0.3 is 0 Å². The number of piperazine rings is 1. The molecule has 1 N–H and O–H groups in total. The molecule has 1 aliphatic heterocycles. The topological polar surface area (TPSA) is 70.6 Å². The molecule has 7 nitrogen and oxygen atoms in total. The second-order valence-corrected chi connectivity index (χ2v) is 6.87. The number of ether oxygens (including phenoxy) is 1. The number of hydrogen-bond donors (Lipinski definition) is 1. The Labute approximate surface area is 159 Å². The zero-order valence-electron chi connectivity index (χ0n) is 15.9. The van der Waals surface area contributed by atoms with Crippen molar-refractivity contribution in [2.24, 2.45) is 0 Å². The molecular formula is C20H25N5O2. The maximum absolute atomic E-state index is 12.3. The number of carbonyl (C=O) groups excluding carboxylic acids is 1. The molecule has 1 aliphatic carbocycles. The van der Waals surface area contributed by atoms with Crippen LogP contribution in [-0.2, 0) is 6.42 Å². The van der Waals surface area contributed by atoms with Gasteiger partial charge in [0, 0.05) is 39.6 Å². The van der Waals surface area contributed by atoms with Crippen LogP contribution in [0.4, 0.5) is 17.5 Å². The smallest absolute Gasteiger partial charge is 0.227 e. The van der Waals surface area contributed by atoms with E-state index in [1.807, 2.05) is 25.2 Å². The monoisotopic (exact) mass is 367 g/mol. The average molecular weight is 367 g/mol. The van der Waals surface area contributed by atoms with Gasteiger partial charge in [0.05, 0.1) is 24.1 Å². The summed E-state index contributed by atoms with van der Waals surface area (Å²) in [5.41, 5.74) is 2.68. The highest BCUT2D eigenvalue weighted by Crippen LogP contribution is 2.30. The molecule has 1 aromatic heterocycles. The molecule has 4 rings (SSSR count). The molecule has 0 unspecified atom stereocenters. The van der Waals surface area contributed by atoms with Gasteiger partial charge in [-0.25, -0.2) is 4.98 Å². The highest BCUT2D eigenvalue weighted by molar-refractivity contribution is 6.02. The van der Waals surface area contributed by atoms with E-state index in [1.165, 1.54) is 0 Å². The van der Waals surface area contributed by atoms with E-state index < -0.39 is 0 Å². The highest BCUT2D eigenvalue weighted by atomic mass is 16.5. The molecule has 1 aromatic carbocycles. The molecule has 1 fully saturated rings. The molecule has 1 saturated heterocycles. The first kappa shape index (κ1) is 17.6. The molecule has 0 radical (unpaired) electrons. The van der Waals surface area contributed by atoms with Crippen LogP contribution < -0.4 is 19.9 Å². The normalized spacial score (nSPS) is 16.9. The van der Waals surface area contributed by atoms with E-state index >= 15 is 0 Å². The lowest BCUT2D eigenvalue weighted by Crippen LogP contribution is -2.47. The Morgan fingerprint density at radius 3 is 2.52 bits per heavy atom. The summed E-state index contributed by atoms with van der Waals surface area (Å²) in [7, 11) is 3.52. The lowest BCUT2D eigenvalue weighted by molar-refractivity contribution is 0.0972. The molecule has 0 spiro atoms. The Morgan fingerprint density at radius 1 is 1.04 bits per heavy atom. The highest BCUT2D eigenvalue weighted by Gasteiger charge is 2.27. The van der Waals surface area contributed by atoms with Crippen LogP contribution in [0.15, 0.2) is 24.3 Å². The minimum atomic E-state index is 0.146. The summed E-state index contributed by atoms with van der Waals surface area (Å²) < 4.78 is 5.49. The molecule has 0 saturated carbocycles. The van der Waals surface area contributed by atoms with E-state index in [2.05, 4.69) is 26.2 Å². The van der Waals surface area contributed by atoms with E-state index in [4.69, 9.17) is 9.72 Å². The van der Waals surface area contributed by atoms with E-state index in [9.17, 15) is 4.79 Å². The zero-order chi connectivity index (χ0) is 18.8. The number of hydrogen-bond acceptors (Lipinski definition) is 7. The second-order valence-electron chi connectivity index (χ2n) is 6.87. The zero-order valence-corrected chi connectivity index (χ0v) is 15.9. The van der Waals surface area contributed by atoms with Crippen LogP contribution in [0.3, 0.4) is 0 Å². The van der Waals surface area contributed by atoms with E-state index in [-0.39, 0.29) is 5.78 Å². The molecule has 2 aliphatic rings. The fraction of sp³-hybridized carbons (Fsp3) is 0.450. The lowest BCUT2D eigenvalue weighted by atomic mass is 9.95. The van der Waals surface area contributed by atoms with Crippen molar-refractivity contribution in [2.45, 2.75) is 19.3 Å². The summed E-state index contributed by atoms with van der Waals surface area (Å²) >= 11 is 0. The van der Waals surface area contributed by atoms with Gasteiger partial charge < -0.3 is 19.9 Å². The first-order valence-corrected chi connectivity index (χ1v) is 9.46. The molecule has 2 heterocycles. The van der Waals surface area contributed by atoms with Crippen molar-refractivity contribution in [2.75, 3.05) is 55.5 Å². The first-order chi connectivity index (χ1) is 13.2. The first-order valence-electron chi connectivity index (χ1n) is 9.46. The Kier molecular flexibility index (Phi) is 4.83. The minimum absolute atomic E-state index is 0.146. The molecule has 142 valence electrons. The van der Waals surface area contributed by atoms with Crippen molar-refractivity contribution in [3.05, 3.63) is 35.5 Å². The van der Waals surface area contributed by atoms with Gasteiger partial charge in [-0.15, -0.1) is 0 Å². The summed E-state index contributed by atoms with van der Waals surface area (Å²) in [4.78, 5) is 26.2. The van der Waals surface area contributed by atoms with Gasteiger partial charge in [0.25, 0.3) is 0 Å². The van der Waals surface area contributed by atoms with Crippen molar-refractivity contribution in [1.82, 2.24) is 9.97 Å². The SMILES string of the molecule is CNc1nc(N2CCN(c3ccccc3OC)CC2)nc2c1C(=O)CCC2. The molecule has 0 bridgehead atoms. The van der Waals surface area contributed by atoms with E-state index in [0.717, 1.165) is 56.2 Å². The van der Waals surface area contributed by atoms with Crippen LogP contribution in [-0.4, -0.2) is 56.1 Å². The fourth-order valence-electron chi connectivity index (χ4n) is 3.87. The number of aryl methyl sites for hydroxylation is 1. The maximum Gasteiger partial charge on any atom is 0.227 e. The van der Waals surface area contributed by atoms with Gasteiger partial charge in [-0.1, -0.05) is 12.1 Å². The summed E-state index contributed by atoms with van der Waals surface area (Å²) in [6, 6.07) is 8.10. The third-order valence-corrected chi connectivity index (χ3v) is 5.29. The van der Waals surface area contributed by atoms with Crippen LogP contribution in [0, 0.1) is 0 Å². The summed E-state index contributed by atoms with van der Waals surface area (Å²) in [5, 5.41) is 3.09. The molecule has 0 amide bonds. The van der Waals surface area contributed by atoms with Gasteiger partial charge in [0.15, 0.2) is 5.78 Å². The molecular weight excluding hydrogens is 342 g/mol. The van der Waals surface area contributed by atoms with Gasteiger partial charge in [-0.05, 0) is 25.0 Å². The Balaban J connectivity index is 1.54. The van der Waals surface area contributed by atoms with Gasteiger partial charge in [0.1, 0.15) is 11.6 Å². The summed E-state index contributed by atoms with van der Waals surface area (Å²) in [6.45, 7) is 3.39. The van der Waals surface area contributed by atoms with Crippen molar-refractivity contribution in [3.8, 4) is 5.75 Å². The molecule has 27 heavy (non-hydrogen) atoms. The number of Topliss-reactive ketones (excluding diaryl/α,β-unsaturated/α-hetero) is 1. The lowest BCUT2D eigenvalue weighted by Gasteiger charge is -2.37. The largest absolute Gasteiger partial charge is 0.495 e. The van der Waals surface area contributed by atoms with Crippen molar-refractivity contribution in [3.63, 3.8) is 0 Å². The average Bonchev–Trinajstić information content (AvgIpc) is 2.73. The number of ketones is 1. The minimum Gasteiger partial charge on any atom is -0.495 e. The summed E-state index contributed by atoms with van der Waals surface area (Å²) in [5.74, 6) is 2.42. The van der Waals surface area contributed by atoms with E-state index in [0.29, 0.717) is 23.8 Å².